The molecular formula is C55H80N8O5. The highest BCUT2D eigenvalue weighted by molar-refractivity contribution is 5.88. The van der Waals surface area contributed by atoms with Gasteiger partial charge in [-0.25, -0.2) is 9.48 Å². The molecule has 13 heteroatoms. The topological polar surface area (TPSA) is 136 Å². The van der Waals surface area contributed by atoms with Crippen LogP contribution in [-0.4, -0.2) is 124 Å². The van der Waals surface area contributed by atoms with Gasteiger partial charge in [-0.1, -0.05) is 94.7 Å². The number of esters is 1. The summed E-state index contributed by atoms with van der Waals surface area (Å²) in [6.45, 7) is 10.4. The van der Waals surface area contributed by atoms with Crippen LogP contribution in [0, 0.1) is 6.92 Å². The molecule has 5 heterocycles. The van der Waals surface area contributed by atoms with Crippen molar-refractivity contribution in [1.29, 1.82) is 0 Å². The van der Waals surface area contributed by atoms with Gasteiger partial charge in [0.1, 0.15) is 6.04 Å². The zero-order chi connectivity index (χ0) is 47.7. The normalized spacial score (nSPS) is 17.4. The Morgan fingerprint density at radius 3 is 2.19 bits per heavy atom. The first-order chi connectivity index (χ1) is 33.1. The number of pyridine rings is 1. The van der Waals surface area contributed by atoms with Crippen LogP contribution in [-0.2, 0) is 27.5 Å². The molecule has 68 heavy (non-hydrogen) atoms. The molecule has 1 unspecified atom stereocenters. The second-order valence-electron chi connectivity index (χ2n) is 20.0. The quantitative estimate of drug-likeness (QED) is 0.0427. The third-order valence-corrected chi connectivity index (χ3v) is 14.8. The fourth-order valence-corrected chi connectivity index (χ4v) is 10.6. The third kappa shape index (κ3) is 14.7. The number of likely N-dealkylation sites (tertiary alicyclic amines) is 2. The first-order valence-electron chi connectivity index (χ1n) is 26.3. The predicted octanol–water partition coefficient (Wildman–Crippen LogP) is 9.46. The monoisotopic (exact) mass is 933 g/mol. The Bertz CT molecular complexity index is 2320. The Morgan fingerprint density at radius 1 is 0.794 bits per heavy atom. The van der Waals surface area contributed by atoms with Crippen LogP contribution in [0.4, 0.5) is 4.79 Å². The van der Waals surface area contributed by atoms with E-state index >= 15 is 0 Å². The molecule has 370 valence electrons. The van der Waals surface area contributed by atoms with Gasteiger partial charge in [-0.05, 0) is 125 Å². The number of piperazine rings is 1. The maximum absolute atomic E-state index is 14.5. The molecule has 3 aliphatic rings. The van der Waals surface area contributed by atoms with Crippen molar-refractivity contribution in [3.8, 4) is 0 Å². The fraction of sp³-hybridized carbons (Fsp3) is 0.618. The summed E-state index contributed by atoms with van der Waals surface area (Å²) in [5, 5.41) is 9.82. The number of carbonyl (C=O) groups excluding carboxylic acids is 3. The van der Waals surface area contributed by atoms with Gasteiger partial charge < -0.3 is 29.7 Å². The summed E-state index contributed by atoms with van der Waals surface area (Å²) in [6, 6.07) is 13.4. The van der Waals surface area contributed by atoms with E-state index in [-0.39, 0.29) is 36.1 Å². The number of piperidine rings is 2. The standard InChI is InChI=1S/C55H80N8O5/c1-4-5-6-7-8-9-10-11-12-13-14-15-16-17-18-23-51(64)68-41-63-40-46-37-43(36-42(2)52(46)58-63)38-50(54(66)61-34-32-60(33-35-61)47-26-28-59(3)29-27-47)57-55(67)62-30-24-44(25-31-62)48-39-45-21-19-20-22-49(45)56-53(48)65/h11-12,19-22,36-37,39-40,44,47,50H,4-10,13-18,23-35,38,41H2,1-3H3,(H,56,65)(H,57,67). The molecule has 0 saturated carbocycles. The molecule has 0 aliphatic carbocycles. The number of fused-ring (bicyclic) bond motifs is 2. The van der Waals surface area contributed by atoms with Crippen molar-refractivity contribution in [3.63, 3.8) is 0 Å². The fourth-order valence-electron chi connectivity index (χ4n) is 10.6. The summed E-state index contributed by atoms with van der Waals surface area (Å²) < 4.78 is 7.31. The maximum atomic E-state index is 14.5. The average molecular weight is 933 g/mol. The number of ether oxygens (including phenoxy) is 1. The van der Waals surface area contributed by atoms with Gasteiger partial charge in [0.05, 0.1) is 5.52 Å². The van der Waals surface area contributed by atoms with Gasteiger partial charge in [0.15, 0.2) is 6.73 Å². The molecule has 2 aromatic heterocycles. The number of H-pyrrole nitrogens is 1. The minimum absolute atomic E-state index is 0.0417. The smallest absolute Gasteiger partial charge is 0.318 e. The van der Waals surface area contributed by atoms with Gasteiger partial charge in [0.2, 0.25) is 5.91 Å². The van der Waals surface area contributed by atoms with Gasteiger partial charge in [0, 0.05) is 80.8 Å². The van der Waals surface area contributed by atoms with E-state index in [9.17, 15) is 19.2 Å². The SMILES string of the molecule is CCCCCCCCC=CCCCCCCCC(=O)OCn1cc2cc(CC(NC(=O)N3CCC(c4cc5ccccc5[nH]c4=O)CC3)C(=O)N3CCN(C4CCN(C)CC4)CC3)cc(C)c2n1. The van der Waals surface area contributed by atoms with Crippen LogP contribution < -0.4 is 10.9 Å². The molecule has 3 amide bonds. The van der Waals surface area contributed by atoms with Crippen molar-refractivity contribution in [2.75, 3.05) is 59.4 Å². The van der Waals surface area contributed by atoms with Gasteiger partial charge in [-0.3, -0.25) is 19.3 Å². The molecule has 0 radical (unpaired) electrons. The third-order valence-electron chi connectivity index (χ3n) is 14.8. The Labute approximate surface area is 405 Å². The van der Waals surface area contributed by atoms with Gasteiger partial charge in [0.25, 0.3) is 5.56 Å². The lowest BCUT2D eigenvalue weighted by atomic mass is 9.89. The van der Waals surface area contributed by atoms with Crippen LogP contribution in [0.3, 0.4) is 0 Å². The number of benzene rings is 2. The number of carbonyl (C=O) groups is 3. The molecule has 3 saturated heterocycles. The maximum Gasteiger partial charge on any atom is 0.318 e. The lowest BCUT2D eigenvalue weighted by molar-refractivity contribution is -0.148. The molecule has 3 fully saturated rings. The number of aryl methyl sites for hydroxylation is 1. The van der Waals surface area contributed by atoms with Crippen LogP contribution >= 0.6 is 0 Å². The number of para-hydroxylation sites is 1. The molecule has 0 bridgehead atoms. The zero-order valence-electron chi connectivity index (χ0n) is 41.5. The molecule has 2 N–H and O–H groups in total. The number of nitrogens with one attached hydrogen (secondary N) is 2. The molecule has 2 aromatic carbocycles. The molecule has 4 aromatic rings. The summed E-state index contributed by atoms with van der Waals surface area (Å²) in [6.07, 6.45) is 26.7. The van der Waals surface area contributed by atoms with E-state index in [2.05, 4.69) is 52.3 Å². The Hall–Kier alpha value is -5.01. The van der Waals surface area contributed by atoms with Crippen LogP contribution in [0.5, 0.6) is 0 Å². The highest BCUT2D eigenvalue weighted by Gasteiger charge is 2.34. The number of aromatic amines is 1. The second kappa shape index (κ2) is 26.1. The van der Waals surface area contributed by atoms with Crippen molar-refractivity contribution >= 4 is 39.7 Å². The summed E-state index contributed by atoms with van der Waals surface area (Å²) in [5.41, 5.74) is 4.19. The molecule has 1 atom stereocenters. The minimum Gasteiger partial charge on any atom is -0.442 e. The molecule has 13 nitrogen and oxygen atoms in total. The molecule has 3 aliphatic heterocycles. The molecule has 0 spiro atoms. The molecular weight excluding hydrogens is 853 g/mol. The number of amides is 3. The number of allylic oxidation sites excluding steroid dienone is 2. The van der Waals surface area contributed by atoms with E-state index in [1.807, 2.05) is 54.4 Å². The summed E-state index contributed by atoms with van der Waals surface area (Å²) in [4.78, 5) is 66.0. The number of unbranched alkanes of at least 4 members (excludes halogenated alkanes) is 11. The van der Waals surface area contributed by atoms with Gasteiger partial charge >= 0.3 is 12.0 Å². The first kappa shape index (κ1) is 50.9. The van der Waals surface area contributed by atoms with Crippen LogP contribution in [0.25, 0.3) is 21.8 Å². The van der Waals surface area contributed by atoms with Crippen molar-refractivity contribution in [2.24, 2.45) is 0 Å². The Kier molecular flexibility index (Phi) is 19.5. The van der Waals surface area contributed by atoms with Gasteiger partial charge in [-0.15, -0.1) is 0 Å². The minimum atomic E-state index is -0.761. The van der Waals surface area contributed by atoms with E-state index in [1.54, 1.807) is 9.58 Å². The largest absolute Gasteiger partial charge is 0.442 e. The zero-order valence-corrected chi connectivity index (χ0v) is 41.5. The van der Waals surface area contributed by atoms with Gasteiger partial charge in [-0.2, -0.15) is 5.10 Å². The number of rotatable bonds is 23. The summed E-state index contributed by atoms with van der Waals surface area (Å²) in [5.74, 6) is -0.234. The predicted molar refractivity (Wildman–Crippen MR) is 273 cm³/mol. The number of hydrogen-bond donors (Lipinski definition) is 2. The highest BCUT2D eigenvalue weighted by Crippen LogP contribution is 2.28. The van der Waals surface area contributed by atoms with Crippen molar-refractivity contribution in [1.82, 2.24) is 39.7 Å². The van der Waals surface area contributed by atoms with E-state index in [0.717, 1.165) is 103 Å². The van der Waals surface area contributed by atoms with Crippen molar-refractivity contribution in [3.05, 3.63) is 87.9 Å². The van der Waals surface area contributed by atoms with E-state index < -0.39 is 6.04 Å². The van der Waals surface area contributed by atoms with Crippen molar-refractivity contribution < 1.29 is 19.1 Å². The Balaban J connectivity index is 0.904. The Morgan fingerprint density at radius 2 is 1.47 bits per heavy atom. The summed E-state index contributed by atoms with van der Waals surface area (Å²) >= 11 is 0. The lowest BCUT2D eigenvalue weighted by Crippen LogP contribution is -2.59. The van der Waals surface area contributed by atoms with Crippen LogP contribution in [0.2, 0.25) is 0 Å². The number of nitrogens with zero attached hydrogens (tertiary/aromatic N) is 6. The second-order valence-corrected chi connectivity index (χ2v) is 20.0. The summed E-state index contributed by atoms with van der Waals surface area (Å²) in [7, 11) is 2.18. The van der Waals surface area contributed by atoms with Crippen LogP contribution in [0.1, 0.15) is 145 Å². The highest BCUT2D eigenvalue weighted by atomic mass is 16.5. The number of urea groups is 1. The average Bonchev–Trinajstić information content (AvgIpc) is 3.78. The van der Waals surface area contributed by atoms with E-state index in [1.165, 1.54) is 57.8 Å². The van der Waals surface area contributed by atoms with Crippen molar-refractivity contribution in [2.45, 2.75) is 161 Å². The first-order valence-corrected chi connectivity index (χ1v) is 26.3. The molecule has 7 rings (SSSR count). The van der Waals surface area contributed by atoms with Crippen LogP contribution in [0.15, 0.2) is 65.6 Å². The lowest BCUT2D eigenvalue weighted by Gasteiger charge is -2.43. The number of aromatic nitrogens is 3. The van der Waals surface area contributed by atoms with E-state index in [4.69, 9.17) is 9.84 Å². The number of hydrogen-bond acceptors (Lipinski definition) is 8. The van der Waals surface area contributed by atoms with E-state index in [0.29, 0.717) is 57.9 Å².